The molecule has 0 unspecified atom stereocenters. The van der Waals surface area contributed by atoms with Crippen LogP contribution in [0.25, 0.3) is 11.1 Å². The Balaban J connectivity index is 0.00000261. The van der Waals surface area contributed by atoms with Crippen LogP contribution >= 0.6 is 12.4 Å². The summed E-state index contributed by atoms with van der Waals surface area (Å²) in [7, 11) is 0. The van der Waals surface area contributed by atoms with Crippen LogP contribution in [0.5, 0.6) is 5.75 Å². The Morgan fingerprint density at radius 2 is 1.52 bits per heavy atom. The van der Waals surface area contributed by atoms with Gasteiger partial charge in [0.2, 0.25) is 0 Å². The second kappa shape index (κ2) is 8.93. The number of nitrogens with two attached hydrogens (primary N) is 1. The second-order valence-corrected chi connectivity index (χ2v) is 5.84. The van der Waals surface area contributed by atoms with E-state index in [1.54, 1.807) is 30.3 Å². The number of hydrogen-bond acceptors (Lipinski definition) is 2. The standard InChI is InChI=1S/C21H18F3NO.ClH/c22-21(23,24)19-12-16(10-11-17(19)13-25)18-8-4-5-9-20(18)26-14-15-6-2-1-3-7-15;/h1-12H,13-14,25H2;1H. The summed E-state index contributed by atoms with van der Waals surface area (Å²) in [5.41, 5.74) is 6.85. The van der Waals surface area contributed by atoms with Gasteiger partial charge in [0, 0.05) is 12.1 Å². The van der Waals surface area contributed by atoms with E-state index in [2.05, 4.69) is 0 Å². The fourth-order valence-electron chi connectivity index (χ4n) is 2.75. The second-order valence-electron chi connectivity index (χ2n) is 5.84. The lowest BCUT2D eigenvalue weighted by atomic mass is 9.98. The van der Waals surface area contributed by atoms with Crippen molar-refractivity contribution in [3.63, 3.8) is 0 Å². The molecule has 0 aliphatic heterocycles. The molecule has 0 saturated heterocycles. The van der Waals surface area contributed by atoms with Gasteiger partial charge in [-0.1, -0.05) is 60.7 Å². The highest BCUT2D eigenvalue weighted by Crippen LogP contribution is 2.37. The van der Waals surface area contributed by atoms with E-state index in [9.17, 15) is 13.2 Å². The third-order valence-corrected chi connectivity index (χ3v) is 4.07. The van der Waals surface area contributed by atoms with Gasteiger partial charge in [0.05, 0.1) is 5.56 Å². The molecule has 2 nitrogen and oxygen atoms in total. The van der Waals surface area contributed by atoms with E-state index in [-0.39, 0.29) is 24.5 Å². The Morgan fingerprint density at radius 3 is 2.19 bits per heavy atom. The van der Waals surface area contributed by atoms with Crippen molar-refractivity contribution in [2.24, 2.45) is 5.73 Å². The minimum atomic E-state index is -4.45. The third kappa shape index (κ3) is 5.02. The molecule has 0 bridgehead atoms. The van der Waals surface area contributed by atoms with Gasteiger partial charge in [0.1, 0.15) is 12.4 Å². The molecule has 27 heavy (non-hydrogen) atoms. The van der Waals surface area contributed by atoms with Crippen LogP contribution < -0.4 is 10.5 Å². The molecule has 0 amide bonds. The first-order valence-corrected chi connectivity index (χ1v) is 8.15. The maximum atomic E-state index is 13.3. The lowest BCUT2D eigenvalue weighted by Crippen LogP contribution is -2.12. The molecule has 0 heterocycles. The molecule has 2 N–H and O–H groups in total. The number of para-hydroxylation sites is 1. The fraction of sp³-hybridized carbons (Fsp3) is 0.143. The first-order chi connectivity index (χ1) is 12.5. The molecule has 6 heteroatoms. The van der Waals surface area contributed by atoms with Crippen LogP contribution in [0.1, 0.15) is 16.7 Å². The Bertz CT molecular complexity index is 882. The van der Waals surface area contributed by atoms with Crippen molar-refractivity contribution in [1.29, 1.82) is 0 Å². The number of rotatable bonds is 5. The van der Waals surface area contributed by atoms with E-state index in [0.717, 1.165) is 11.6 Å². The summed E-state index contributed by atoms with van der Waals surface area (Å²) >= 11 is 0. The highest BCUT2D eigenvalue weighted by atomic mass is 35.5. The summed E-state index contributed by atoms with van der Waals surface area (Å²) in [5, 5.41) is 0. The van der Waals surface area contributed by atoms with Gasteiger partial charge < -0.3 is 10.5 Å². The molecule has 0 atom stereocenters. The topological polar surface area (TPSA) is 35.2 Å². The smallest absolute Gasteiger partial charge is 0.416 e. The van der Waals surface area contributed by atoms with Gasteiger partial charge in [-0.15, -0.1) is 12.4 Å². The zero-order valence-electron chi connectivity index (χ0n) is 14.4. The van der Waals surface area contributed by atoms with Crippen LogP contribution in [0.2, 0.25) is 0 Å². The molecule has 3 aromatic carbocycles. The largest absolute Gasteiger partial charge is 0.488 e. The average Bonchev–Trinajstić information content (AvgIpc) is 2.66. The van der Waals surface area contributed by atoms with E-state index >= 15 is 0 Å². The van der Waals surface area contributed by atoms with Crippen LogP contribution in [0.4, 0.5) is 13.2 Å². The molecule has 0 spiro atoms. The fourth-order valence-corrected chi connectivity index (χ4v) is 2.75. The lowest BCUT2D eigenvalue weighted by Gasteiger charge is -2.16. The Kier molecular flexibility index (Phi) is 6.88. The van der Waals surface area contributed by atoms with Crippen LogP contribution in [-0.4, -0.2) is 0 Å². The van der Waals surface area contributed by atoms with Crippen molar-refractivity contribution < 1.29 is 17.9 Å². The summed E-state index contributed by atoms with van der Waals surface area (Å²) in [6.45, 7) is 0.173. The van der Waals surface area contributed by atoms with E-state index in [4.69, 9.17) is 10.5 Å². The Morgan fingerprint density at radius 1 is 0.852 bits per heavy atom. The summed E-state index contributed by atoms with van der Waals surface area (Å²) in [6, 6.07) is 20.9. The van der Waals surface area contributed by atoms with E-state index in [0.29, 0.717) is 23.5 Å². The molecule has 0 aromatic heterocycles. The van der Waals surface area contributed by atoms with Crippen molar-refractivity contribution in [3.05, 3.63) is 89.5 Å². The third-order valence-electron chi connectivity index (χ3n) is 4.07. The number of hydrogen-bond donors (Lipinski definition) is 1. The van der Waals surface area contributed by atoms with Crippen LogP contribution in [0, 0.1) is 0 Å². The first kappa shape index (κ1) is 20.8. The molecule has 3 rings (SSSR count). The Hall–Kier alpha value is -2.50. The van der Waals surface area contributed by atoms with Gasteiger partial charge in [0.25, 0.3) is 0 Å². The van der Waals surface area contributed by atoms with E-state index < -0.39 is 11.7 Å². The monoisotopic (exact) mass is 393 g/mol. The zero-order chi connectivity index (χ0) is 18.6. The SMILES string of the molecule is Cl.NCc1ccc(-c2ccccc2OCc2ccccc2)cc1C(F)(F)F. The summed E-state index contributed by atoms with van der Waals surface area (Å²) in [4.78, 5) is 0. The van der Waals surface area contributed by atoms with Crippen molar-refractivity contribution >= 4 is 12.4 Å². The van der Waals surface area contributed by atoms with Crippen LogP contribution in [0.3, 0.4) is 0 Å². The van der Waals surface area contributed by atoms with Gasteiger partial charge in [-0.2, -0.15) is 13.2 Å². The van der Waals surface area contributed by atoms with Crippen molar-refractivity contribution in [2.45, 2.75) is 19.3 Å². The van der Waals surface area contributed by atoms with Gasteiger partial charge >= 0.3 is 6.18 Å². The number of ether oxygens (including phenoxy) is 1. The normalized spacial score (nSPS) is 11.0. The minimum Gasteiger partial charge on any atom is -0.488 e. The predicted molar refractivity (Wildman–Crippen MR) is 103 cm³/mol. The van der Waals surface area contributed by atoms with Crippen molar-refractivity contribution in [2.75, 3.05) is 0 Å². The van der Waals surface area contributed by atoms with Crippen LogP contribution in [0.15, 0.2) is 72.8 Å². The zero-order valence-corrected chi connectivity index (χ0v) is 15.2. The summed E-state index contributed by atoms with van der Waals surface area (Å²) in [5.74, 6) is 0.532. The highest BCUT2D eigenvalue weighted by molar-refractivity contribution is 5.85. The maximum absolute atomic E-state index is 13.3. The van der Waals surface area contributed by atoms with Crippen LogP contribution in [-0.2, 0) is 19.3 Å². The molecular formula is C21H19ClF3NO. The molecule has 0 fully saturated rings. The molecule has 0 radical (unpaired) electrons. The number of halogens is 4. The number of alkyl halides is 3. The maximum Gasteiger partial charge on any atom is 0.416 e. The quantitative estimate of drug-likeness (QED) is 0.591. The van der Waals surface area contributed by atoms with E-state index in [1.807, 2.05) is 30.3 Å². The van der Waals surface area contributed by atoms with Gasteiger partial charge in [0.15, 0.2) is 0 Å². The number of benzene rings is 3. The molecule has 142 valence electrons. The summed E-state index contributed by atoms with van der Waals surface area (Å²) in [6.07, 6.45) is -4.45. The molecule has 0 saturated carbocycles. The Labute approximate surface area is 162 Å². The predicted octanol–water partition coefficient (Wildman–Crippen LogP) is 5.83. The van der Waals surface area contributed by atoms with Crippen molar-refractivity contribution in [3.8, 4) is 16.9 Å². The summed E-state index contributed by atoms with van der Waals surface area (Å²) < 4.78 is 45.8. The molecule has 0 aliphatic carbocycles. The average molecular weight is 394 g/mol. The lowest BCUT2D eigenvalue weighted by molar-refractivity contribution is -0.138. The van der Waals surface area contributed by atoms with Gasteiger partial charge in [-0.05, 0) is 28.8 Å². The first-order valence-electron chi connectivity index (χ1n) is 8.15. The van der Waals surface area contributed by atoms with Crippen molar-refractivity contribution in [1.82, 2.24) is 0 Å². The highest BCUT2D eigenvalue weighted by Gasteiger charge is 2.33. The van der Waals surface area contributed by atoms with Gasteiger partial charge in [-0.25, -0.2) is 0 Å². The van der Waals surface area contributed by atoms with E-state index in [1.165, 1.54) is 6.07 Å². The molecule has 0 aliphatic rings. The molecule has 3 aromatic rings. The molecular weight excluding hydrogens is 375 g/mol. The minimum absolute atomic E-state index is 0. The van der Waals surface area contributed by atoms with Gasteiger partial charge in [-0.3, -0.25) is 0 Å².